The molecule has 0 unspecified atom stereocenters. The lowest BCUT2D eigenvalue weighted by Gasteiger charge is -2.20. The van der Waals surface area contributed by atoms with Gasteiger partial charge in [0.25, 0.3) is 0 Å². The van der Waals surface area contributed by atoms with Gasteiger partial charge in [-0.2, -0.15) is 0 Å². The predicted molar refractivity (Wildman–Crippen MR) is 108 cm³/mol. The van der Waals surface area contributed by atoms with E-state index < -0.39 is 0 Å². The Hall–Kier alpha value is -2.52. The van der Waals surface area contributed by atoms with Gasteiger partial charge in [-0.1, -0.05) is 11.6 Å². The SMILES string of the molecule is CCN(CC)c1ccc(N=Cc2cccn2-c2ccc(Cl)cc2)cc1. The summed E-state index contributed by atoms with van der Waals surface area (Å²) < 4.78 is 2.09. The predicted octanol–water partition coefficient (Wildman–Crippen LogP) is 5.73. The molecule has 0 bridgehead atoms. The molecule has 0 aliphatic heterocycles. The van der Waals surface area contributed by atoms with E-state index in [1.165, 1.54) is 5.69 Å². The van der Waals surface area contributed by atoms with Crippen LogP contribution in [0.5, 0.6) is 0 Å². The summed E-state index contributed by atoms with van der Waals surface area (Å²) in [7, 11) is 0. The molecule has 2 aromatic carbocycles. The number of halogens is 1. The molecule has 4 heteroatoms. The van der Waals surface area contributed by atoms with Gasteiger partial charge in [-0.25, -0.2) is 0 Å². The van der Waals surface area contributed by atoms with Crippen molar-refractivity contribution in [3.8, 4) is 5.69 Å². The van der Waals surface area contributed by atoms with E-state index in [9.17, 15) is 0 Å². The minimum absolute atomic E-state index is 0.736. The van der Waals surface area contributed by atoms with Crippen LogP contribution in [0.2, 0.25) is 5.02 Å². The van der Waals surface area contributed by atoms with Crippen LogP contribution in [0.15, 0.2) is 71.9 Å². The Morgan fingerprint density at radius 1 is 0.960 bits per heavy atom. The molecular weight excluding hydrogens is 330 g/mol. The first-order valence-corrected chi connectivity index (χ1v) is 8.91. The second kappa shape index (κ2) is 8.04. The number of aliphatic imine (C=N–C) groups is 1. The standard InChI is InChI=1S/C21H22ClN3/c1-3-24(4-2)19-13-9-18(10-14-19)23-16-21-6-5-15-25(21)20-11-7-17(22)8-12-20/h5-16H,3-4H2,1-2H3. The fourth-order valence-electron chi connectivity index (χ4n) is 2.82. The van der Waals surface area contributed by atoms with Crippen molar-refractivity contribution in [2.75, 3.05) is 18.0 Å². The molecule has 0 saturated heterocycles. The fourth-order valence-corrected chi connectivity index (χ4v) is 2.94. The van der Waals surface area contributed by atoms with Gasteiger partial charge in [0, 0.05) is 35.7 Å². The zero-order valence-electron chi connectivity index (χ0n) is 14.6. The number of hydrogen-bond donors (Lipinski definition) is 0. The smallest absolute Gasteiger partial charge is 0.0639 e. The minimum atomic E-state index is 0.736. The normalized spacial score (nSPS) is 11.2. The van der Waals surface area contributed by atoms with Crippen molar-refractivity contribution in [3.05, 3.63) is 77.6 Å². The molecule has 3 rings (SSSR count). The summed E-state index contributed by atoms with van der Waals surface area (Å²) in [6.45, 7) is 6.35. The summed E-state index contributed by atoms with van der Waals surface area (Å²) in [5.41, 5.74) is 4.26. The number of benzene rings is 2. The molecular formula is C21H22ClN3. The number of nitrogens with zero attached hydrogens (tertiary/aromatic N) is 3. The second-order valence-corrected chi connectivity index (χ2v) is 6.16. The molecule has 128 valence electrons. The highest BCUT2D eigenvalue weighted by Crippen LogP contribution is 2.20. The van der Waals surface area contributed by atoms with E-state index in [1.807, 2.05) is 48.8 Å². The van der Waals surface area contributed by atoms with Gasteiger partial charge in [-0.3, -0.25) is 4.99 Å². The van der Waals surface area contributed by atoms with E-state index in [0.717, 1.165) is 35.2 Å². The van der Waals surface area contributed by atoms with Crippen LogP contribution in [-0.4, -0.2) is 23.9 Å². The van der Waals surface area contributed by atoms with Crippen LogP contribution in [0, 0.1) is 0 Å². The molecule has 3 aromatic rings. The Morgan fingerprint density at radius 2 is 1.64 bits per heavy atom. The largest absolute Gasteiger partial charge is 0.372 e. The monoisotopic (exact) mass is 351 g/mol. The average molecular weight is 352 g/mol. The van der Waals surface area contributed by atoms with Gasteiger partial charge in [0.15, 0.2) is 0 Å². The van der Waals surface area contributed by atoms with E-state index in [2.05, 4.69) is 52.6 Å². The Bertz CT molecular complexity index is 828. The molecule has 0 spiro atoms. The summed E-state index contributed by atoms with van der Waals surface area (Å²) >= 11 is 5.97. The lowest BCUT2D eigenvalue weighted by Crippen LogP contribution is -2.21. The van der Waals surface area contributed by atoms with Gasteiger partial charge in [0.1, 0.15) is 0 Å². The highest BCUT2D eigenvalue weighted by Gasteiger charge is 2.02. The van der Waals surface area contributed by atoms with Crippen LogP contribution in [0.1, 0.15) is 19.5 Å². The lowest BCUT2D eigenvalue weighted by atomic mass is 10.2. The number of rotatable bonds is 6. The number of anilines is 1. The van der Waals surface area contributed by atoms with Crippen LogP contribution < -0.4 is 4.90 Å². The van der Waals surface area contributed by atoms with Crippen LogP contribution >= 0.6 is 11.6 Å². The topological polar surface area (TPSA) is 20.5 Å². The summed E-state index contributed by atoms with van der Waals surface area (Å²) in [6.07, 6.45) is 3.91. The van der Waals surface area contributed by atoms with Crippen molar-refractivity contribution < 1.29 is 0 Å². The highest BCUT2D eigenvalue weighted by molar-refractivity contribution is 6.30. The van der Waals surface area contributed by atoms with E-state index in [0.29, 0.717) is 0 Å². The third kappa shape index (κ3) is 4.12. The third-order valence-corrected chi connectivity index (χ3v) is 4.46. The second-order valence-electron chi connectivity index (χ2n) is 5.73. The molecule has 0 fully saturated rings. The van der Waals surface area contributed by atoms with E-state index in [1.54, 1.807) is 0 Å². The van der Waals surface area contributed by atoms with Crippen LogP contribution in [0.3, 0.4) is 0 Å². The Kier molecular flexibility index (Phi) is 5.56. The summed E-state index contributed by atoms with van der Waals surface area (Å²) in [4.78, 5) is 6.93. The maximum Gasteiger partial charge on any atom is 0.0639 e. The summed E-state index contributed by atoms with van der Waals surface area (Å²) in [6, 6.07) is 20.2. The quantitative estimate of drug-likeness (QED) is 0.519. The van der Waals surface area contributed by atoms with Crippen LogP contribution in [-0.2, 0) is 0 Å². The van der Waals surface area contributed by atoms with Gasteiger partial charge in [0.2, 0.25) is 0 Å². The molecule has 0 aliphatic carbocycles. The maximum absolute atomic E-state index is 5.97. The molecule has 1 heterocycles. The van der Waals surface area contributed by atoms with Gasteiger partial charge in [-0.15, -0.1) is 0 Å². The average Bonchev–Trinajstić information content (AvgIpc) is 3.11. The highest BCUT2D eigenvalue weighted by atomic mass is 35.5. The Morgan fingerprint density at radius 3 is 2.28 bits per heavy atom. The van der Waals surface area contributed by atoms with Gasteiger partial charge < -0.3 is 9.47 Å². The molecule has 0 amide bonds. The first-order chi connectivity index (χ1) is 12.2. The molecule has 1 aromatic heterocycles. The number of aromatic nitrogens is 1. The molecule has 25 heavy (non-hydrogen) atoms. The maximum atomic E-state index is 5.97. The van der Waals surface area contributed by atoms with Crippen LogP contribution in [0.4, 0.5) is 11.4 Å². The zero-order valence-corrected chi connectivity index (χ0v) is 15.3. The van der Waals surface area contributed by atoms with E-state index in [4.69, 9.17) is 11.6 Å². The van der Waals surface area contributed by atoms with Crippen molar-refractivity contribution in [3.63, 3.8) is 0 Å². The molecule has 0 atom stereocenters. The van der Waals surface area contributed by atoms with Gasteiger partial charge in [0.05, 0.1) is 17.6 Å². The van der Waals surface area contributed by atoms with Crippen molar-refractivity contribution >= 4 is 29.2 Å². The molecule has 0 N–H and O–H groups in total. The third-order valence-electron chi connectivity index (χ3n) is 4.21. The van der Waals surface area contributed by atoms with Crippen molar-refractivity contribution in [2.45, 2.75) is 13.8 Å². The fraction of sp³-hybridized carbons (Fsp3) is 0.190. The zero-order chi connectivity index (χ0) is 17.6. The first kappa shape index (κ1) is 17.3. The number of hydrogen-bond acceptors (Lipinski definition) is 2. The van der Waals surface area contributed by atoms with Crippen molar-refractivity contribution in [1.29, 1.82) is 0 Å². The Labute approximate surface area is 154 Å². The van der Waals surface area contributed by atoms with Crippen molar-refractivity contribution in [1.82, 2.24) is 4.57 Å². The van der Waals surface area contributed by atoms with Crippen molar-refractivity contribution in [2.24, 2.45) is 4.99 Å². The van der Waals surface area contributed by atoms with Crippen LogP contribution in [0.25, 0.3) is 5.69 Å². The minimum Gasteiger partial charge on any atom is -0.372 e. The summed E-state index contributed by atoms with van der Waals surface area (Å²) in [5, 5.41) is 0.736. The van der Waals surface area contributed by atoms with E-state index >= 15 is 0 Å². The van der Waals surface area contributed by atoms with E-state index in [-0.39, 0.29) is 0 Å². The molecule has 0 aliphatic rings. The first-order valence-electron chi connectivity index (χ1n) is 8.53. The molecule has 0 saturated carbocycles. The molecule has 0 radical (unpaired) electrons. The summed E-state index contributed by atoms with van der Waals surface area (Å²) in [5.74, 6) is 0. The lowest BCUT2D eigenvalue weighted by molar-refractivity contribution is 0.866. The van der Waals surface area contributed by atoms with Gasteiger partial charge >= 0.3 is 0 Å². The Balaban J connectivity index is 1.79. The van der Waals surface area contributed by atoms with Gasteiger partial charge in [-0.05, 0) is 74.5 Å². The molecule has 3 nitrogen and oxygen atoms in total.